The van der Waals surface area contributed by atoms with E-state index in [-0.39, 0.29) is 11.1 Å². The zero-order valence-corrected chi connectivity index (χ0v) is 11.0. The molecule has 1 saturated heterocycles. The summed E-state index contributed by atoms with van der Waals surface area (Å²) in [5.41, 5.74) is 6.00. The van der Waals surface area contributed by atoms with E-state index in [1.807, 2.05) is 0 Å². The number of benzene rings is 1. The average molecular weight is 281 g/mol. The second kappa shape index (κ2) is 6.44. The number of carbonyl (C=O) groups is 2. The van der Waals surface area contributed by atoms with Gasteiger partial charge < -0.3 is 21.1 Å². The van der Waals surface area contributed by atoms with Crippen LogP contribution in [0.5, 0.6) is 5.75 Å². The third-order valence-electron chi connectivity index (χ3n) is 2.50. The van der Waals surface area contributed by atoms with Gasteiger partial charge in [-0.2, -0.15) is 0 Å². The molecular formula is C12H15N3O3S. The van der Waals surface area contributed by atoms with Crippen molar-refractivity contribution in [2.45, 2.75) is 6.04 Å². The summed E-state index contributed by atoms with van der Waals surface area (Å²) in [5, 5.41) is 5.17. The standard InChI is InChI=1S/C12H15N3O3S/c13-5-6-18-9-3-1-8(2-4-9)14-11(16)10-7-19-12(17)15-10/h1-4,10H,5-7,13H2,(H,14,16)(H,15,17). The molecule has 6 nitrogen and oxygen atoms in total. The molecule has 1 fully saturated rings. The number of anilines is 1. The summed E-state index contributed by atoms with van der Waals surface area (Å²) in [5.74, 6) is 0.949. The van der Waals surface area contributed by atoms with Crippen LogP contribution in [0.2, 0.25) is 0 Å². The molecule has 4 N–H and O–H groups in total. The maximum absolute atomic E-state index is 11.8. The molecule has 0 aromatic heterocycles. The lowest BCUT2D eigenvalue weighted by Crippen LogP contribution is -2.38. The number of nitrogens with two attached hydrogens (primary N) is 1. The van der Waals surface area contributed by atoms with Crippen molar-refractivity contribution in [2.24, 2.45) is 5.73 Å². The van der Waals surface area contributed by atoms with Gasteiger partial charge in [0.2, 0.25) is 5.91 Å². The van der Waals surface area contributed by atoms with Crippen molar-refractivity contribution in [3.05, 3.63) is 24.3 Å². The van der Waals surface area contributed by atoms with Crippen molar-refractivity contribution in [3.8, 4) is 5.75 Å². The van der Waals surface area contributed by atoms with Gasteiger partial charge in [0.1, 0.15) is 18.4 Å². The fraction of sp³-hybridized carbons (Fsp3) is 0.333. The third kappa shape index (κ3) is 3.87. The molecule has 1 aliphatic heterocycles. The predicted molar refractivity (Wildman–Crippen MR) is 74.4 cm³/mol. The number of hydrogen-bond acceptors (Lipinski definition) is 5. The van der Waals surface area contributed by atoms with Crippen LogP contribution in [0.25, 0.3) is 0 Å². The molecule has 7 heteroatoms. The first-order valence-corrected chi connectivity index (χ1v) is 6.84. The lowest BCUT2D eigenvalue weighted by atomic mass is 10.2. The molecule has 0 aliphatic carbocycles. The minimum absolute atomic E-state index is 0.161. The highest BCUT2D eigenvalue weighted by molar-refractivity contribution is 8.14. The maximum Gasteiger partial charge on any atom is 0.279 e. The highest BCUT2D eigenvalue weighted by Gasteiger charge is 2.27. The van der Waals surface area contributed by atoms with E-state index in [4.69, 9.17) is 10.5 Å². The summed E-state index contributed by atoms with van der Waals surface area (Å²) in [6.45, 7) is 0.911. The second-order valence-electron chi connectivity index (χ2n) is 3.95. The first-order valence-electron chi connectivity index (χ1n) is 5.86. The van der Waals surface area contributed by atoms with E-state index >= 15 is 0 Å². The van der Waals surface area contributed by atoms with Crippen LogP contribution in [0.3, 0.4) is 0 Å². The van der Waals surface area contributed by atoms with E-state index in [0.29, 0.717) is 30.3 Å². The van der Waals surface area contributed by atoms with Gasteiger partial charge in [-0.05, 0) is 24.3 Å². The Kier molecular flexibility index (Phi) is 4.64. The first-order chi connectivity index (χ1) is 9.19. The van der Waals surface area contributed by atoms with E-state index in [1.165, 1.54) is 0 Å². The number of hydrogen-bond donors (Lipinski definition) is 3. The Balaban J connectivity index is 1.88. The molecule has 0 radical (unpaired) electrons. The van der Waals surface area contributed by atoms with Gasteiger partial charge >= 0.3 is 0 Å². The SMILES string of the molecule is NCCOc1ccc(NC(=O)C2CSC(=O)N2)cc1. The lowest BCUT2D eigenvalue weighted by Gasteiger charge is -2.11. The van der Waals surface area contributed by atoms with Crippen molar-refractivity contribution in [1.82, 2.24) is 5.32 Å². The van der Waals surface area contributed by atoms with Crippen LogP contribution in [-0.2, 0) is 4.79 Å². The molecule has 1 aromatic rings. The minimum atomic E-state index is -0.467. The third-order valence-corrected chi connectivity index (χ3v) is 3.38. The van der Waals surface area contributed by atoms with E-state index in [0.717, 1.165) is 11.8 Å². The Morgan fingerprint density at radius 2 is 2.21 bits per heavy atom. The zero-order chi connectivity index (χ0) is 13.7. The maximum atomic E-state index is 11.8. The fourth-order valence-corrected chi connectivity index (χ4v) is 2.34. The second-order valence-corrected chi connectivity index (χ2v) is 4.94. The van der Waals surface area contributed by atoms with Crippen LogP contribution < -0.4 is 21.1 Å². The molecule has 0 bridgehead atoms. The van der Waals surface area contributed by atoms with Crippen molar-refractivity contribution < 1.29 is 14.3 Å². The van der Waals surface area contributed by atoms with E-state index in [1.54, 1.807) is 24.3 Å². The normalized spacial score (nSPS) is 17.9. The molecule has 2 amide bonds. The van der Waals surface area contributed by atoms with Crippen molar-refractivity contribution >= 4 is 28.6 Å². The summed E-state index contributed by atoms with van der Waals surface area (Å²) < 4.78 is 5.33. The average Bonchev–Trinajstić information content (AvgIpc) is 2.85. The van der Waals surface area contributed by atoms with Crippen LogP contribution in [0.15, 0.2) is 24.3 Å². The van der Waals surface area contributed by atoms with Gasteiger partial charge in [-0.15, -0.1) is 0 Å². The van der Waals surface area contributed by atoms with Gasteiger partial charge in [-0.25, -0.2) is 0 Å². The smallest absolute Gasteiger partial charge is 0.279 e. The van der Waals surface area contributed by atoms with Gasteiger partial charge in [0.25, 0.3) is 5.24 Å². The molecule has 2 rings (SSSR count). The van der Waals surface area contributed by atoms with E-state index in [9.17, 15) is 9.59 Å². The summed E-state index contributed by atoms with van der Waals surface area (Å²) in [7, 11) is 0. The highest BCUT2D eigenvalue weighted by Crippen LogP contribution is 2.18. The Hall–Kier alpha value is -1.73. The predicted octanol–water partition coefficient (Wildman–Crippen LogP) is 0.788. The Bertz CT molecular complexity index is 464. The largest absolute Gasteiger partial charge is 0.492 e. The Morgan fingerprint density at radius 1 is 1.47 bits per heavy atom. The van der Waals surface area contributed by atoms with Crippen molar-refractivity contribution in [3.63, 3.8) is 0 Å². The van der Waals surface area contributed by atoms with Crippen LogP contribution in [0.4, 0.5) is 10.5 Å². The Morgan fingerprint density at radius 3 is 2.79 bits per heavy atom. The molecule has 0 saturated carbocycles. The van der Waals surface area contributed by atoms with Gasteiger partial charge in [0.15, 0.2) is 0 Å². The van der Waals surface area contributed by atoms with Crippen molar-refractivity contribution in [2.75, 3.05) is 24.2 Å². The van der Waals surface area contributed by atoms with Crippen LogP contribution in [-0.4, -0.2) is 36.1 Å². The molecule has 19 heavy (non-hydrogen) atoms. The summed E-state index contributed by atoms with van der Waals surface area (Å²) in [4.78, 5) is 22.8. The highest BCUT2D eigenvalue weighted by atomic mass is 32.2. The lowest BCUT2D eigenvalue weighted by molar-refractivity contribution is -0.117. The Labute approximate surface area is 115 Å². The van der Waals surface area contributed by atoms with E-state index < -0.39 is 6.04 Å². The van der Waals surface area contributed by atoms with Crippen LogP contribution in [0, 0.1) is 0 Å². The monoisotopic (exact) mass is 281 g/mol. The number of thioether (sulfide) groups is 1. The van der Waals surface area contributed by atoms with Gasteiger partial charge in [0.05, 0.1) is 0 Å². The van der Waals surface area contributed by atoms with E-state index in [2.05, 4.69) is 10.6 Å². The van der Waals surface area contributed by atoms with Crippen LogP contribution in [0.1, 0.15) is 0 Å². The molecule has 1 heterocycles. The summed E-state index contributed by atoms with van der Waals surface area (Å²) in [6, 6.07) is 6.53. The number of carbonyl (C=O) groups excluding carboxylic acids is 2. The molecule has 1 atom stereocenters. The molecule has 102 valence electrons. The quantitative estimate of drug-likeness (QED) is 0.742. The number of rotatable bonds is 5. The summed E-state index contributed by atoms with van der Waals surface area (Å²) in [6.07, 6.45) is 0. The number of ether oxygens (including phenoxy) is 1. The van der Waals surface area contributed by atoms with Crippen molar-refractivity contribution in [1.29, 1.82) is 0 Å². The molecule has 0 spiro atoms. The number of amides is 2. The molecule has 1 aromatic carbocycles. The topological polar surface area (TPSA) is 93.4 Å². The van der Waals surface area contributed by atoms with Gasteiger partial charge in [-0.1, -0.05) is 11.8 Å². The molecule has 1 aliphatic rings. The van der Waals surface area contributed by atoms with Crippen LogP contribution >= 0.6 is 11.8 Å². The minimum Gasteiger partial charge on any atom is -0.492 e. The molecule has 1 unspecified atom stereocenters. The zero-order valence-electron chi connectivity index (χ0n) is 10.2. The fourth-order valence-electron chi connectivity index (χ4n) is 1.57. The molecular weight excluding hydrogens is 266 g/mol. The van der Waals surface area contributed by atoms with Gasteiger partial charge in [0, 0.05) is 18.0 Å². The first kappa shape index (κ1) is 13.7. The van der Waals surface area contributed by atoms with Gasteiger partial charge in [-0.3, -0.25) is 9.59 Å². The number of nitrogens with one attached hydrogen (secondary N) is 2. The summed E-state index contributed by atoms with van der Waals surface area (Å²) >= 11 is 1.11.